The predicted molar refractivity (Wildman–Crippen MR) is 78.3 cm³/mol. The Balaban J connectivity index is 2.04. The van der Waals surface area contributed by atoms with E-state index in [0.717, 1.165) is 50.9 Å². The van der Waals surface area contributed by atoms with Crippen LogP contribution in [0.4, 0.5) is 0 Å². The Labute approximate surface area is 116 Å². The summed E-state index contributed by atoms with van der Waals surface area (Å²) in [5.74, 6) is 0.181. The summed E-state index contributed by atoms with van der Waals surface area (Å²) in [7, 11) is 0. The van der Waals surface area contributed by atoms with Crippen LogP contribution in [0.25, 0.3) is 0 Å². The van der Waals surface area contributed by atoms with Crippen molar-refractivity contribution in [3.63, 3.8) is 0 Å². The highest BCUT2D eigenvalue weighted by molar-refractivity contribution is 5.28. The maximum Gasteiger partial charge on any atom is 0.0715 e. The van der Waals surface area contributed by atoms with Gasteiger partial charge in [-0.2, -0.15) is 0 Å². The van der Waals surface area contributed by atoms with E-state index >= 15 is 0 Å². The first-order chi connectivity index (χ1) is 9.15. The van der Waals surface area contributed by atoms with Crippen molar-refractivity contribution in [3.8, 4) is 0 Å². The van der Waals surface area contributed by atoms with Crippen molar-refractivity contribution in [1.29, 1.82) is 0 Å². The average Bonchev–Trinajstić information content (AvgIpc) is 2.43. The first-order valence-electron chi connectivity index (χ1n) is 7.52. The van der Waals surface area contributed by atoms with Gasteiger partial charge in [0.15, 0.2) is 0 Å². The summed E-state index contributed by atoms with van der Waals surface area (Å²) in [5.41, 5.74) is 1.78. The second kappa shape index (κ2) is 6.49. The van der Waals surface area contributed by atoms with E-state index in [0.29, 0.717) is 0 Å². The molecule has 1 aromatic rings. The minimum atomic E-state index is -0.662. The van der Waals surface area contributed by atoms with Gasteiger partial charge < -0.3 is 10.4 Å². The molecule has 1 heterocycles. The van der Waals surface area contributed by atoms with Gasteiger partial charge in [0.05, 0.1) is 5.60 Å². The molecule has 2 atom stereocenters. The number of pyridine rings is 1. The molecule has 106 valence electrons. The van der Waals surface area contributed by atoms with Gasteiger partial charge in [-0.15, -0.1) is 0 Å². The van der Waals surface area contributed by atoms with Crippen molar-refractivity contribution < 1.29 is 5.11 Å². The van der Waals surface area contributed by atoms with E-state index in [-0.39, 0.29) is 5.92 Å². The van der Waals surface area contributed by atoms with Crippen LogP contribution < -0.4 is 5.32 Å². The highest BCUT2D eigenvalue weighted by Crippen LogP contribution is 2.39. The number of aromatic nitrogens is 1. The lowest BCUT2D eigenvalue weighted by atomic mass is 9.75. The molecule has 1 aromatic heterocycles. The van der Waals surface area contributed by atoms with Crippen molar-refractivity contribution in [2.24, 2.45) is 0 Å². The van der Waals surface area contributed by atoms with Gasteiger partial charge in [0.25, 0.3) is 0 Å². The van der Waals surface area contributed by atoms with Crippen LogP contribution >= 0.6 is 0 Å². The number of aliphatic hydroxyl groups is 1. The standard InChI is InChI=1S/C16H26N2O/c1-3-10-17-12-9-16(2,19)14-8-4-6-13-7-5-11-18-15(13)14/h5,7,11,14,17,19H,3-4,6,8-10,12H2,1-2H3. The molecule has 19 heavy (non-hydrogen) atoms. The highest BCUT2D eigenvalue weighted by atomic mass is 16.3. The van der Waals surface area contributed by atoms with Crippen LogP contribution in [-0.4, -0.2) is 28.8 Å². The Bertz CT molecular complexity index is 403. The van der Waals surface area contributed by atoms with Crippen molar-refractivity contribution in [3.05, 3.63) is 29.6 Å². The molecule has 1 aliphatic rings. The molecule has 0 saturated carbocycles. The maximum atomic E-state index is 10.8. The van der Waals surface area contributed by atoms with Gasteiger partial charge in [-0.05, 0) is 63.7 Å². The van der Waals surface area contributed by atoms with E-state index < -0.39 is 5.60 Å². The monoisotopic (exact) mass is 262 g/mol. The Morgan fingerprint density at radius 2 is 2.32 bits per heavy atom. The summed E-state index contributed by atoms with van der Waals surface area (Å²) in [6.45, 7) is 6.02. The minimum Gasteiger partial charge on any atom is -0.389 e. The van der Waals surface area contributed by atoms with Crippen molar-refractivity contribution in [2.75, 3.05) is 13.1 Å². The van der Waals surface area contributed by atoms with Crippen molar-refractivity contribution >= 4 is 0 Å². The highest BCUT2D eigenvalue weighted by Gasteiger charge is 2.36. The average molecular weight is 262 g/mol. The second-order valence-corrected chi connectivity index (χ2v) is 5.85. The second-order valence-electron chi connectivity index (χ2n) is 5.85. The number of nitrogens with one attached hydrogen (secondary N) is 1. The lowest BCUT2D eigenvalue weighted by Crippen LogP contribution is -2.38. The SMILES string of the molecule is CCCNCCC(C)(O)C1CCCc2cccnc21. The zero-order valence-electron chi connectivity index (χ0n) is 12.2. The van der Waals surface area contributed by atoms with Gasteiger partial charge in [-0.25, -0.2) is 0 Å². The van der Waals surface area contributed by atoms with Crippen LogP contribution in [0.5, 0.6) is 0 Å². The summed E-state index contributed by atoms with van der Waals surface area (Å²) in [4.78, 5) is 4.53. The Hall–Kier alpha value is -0.930. The molecular weight excluding hydrogens is 236 g/mol. The number of rotatable bonds is 6. The van der Waals surface area contributed by atoms with Crippen LogP contribution in [0.2, 0.25) is 0 Å². The molecule has 0 aromatic carbocycles. The zero-order chi connectivity index (χ0) is 13.7. The molecule has 2 N–H and O–H groups in total. The van der Waals surface area contributed by atoms with Gasteiger partial charge in [0.2, 0.25) is 0 Å². The van der Waals surface area contributed by atoms with Gasteiger partial charge in [0.1, 0.15) is 0 Å². The van der Waals surface area contributed by atoms with Crippen LogP contribution in [0.1, 0.15) is 56.7 Å². The first kappa shape index (κ1) is 14.5. The lowest BCUT2D eigenvalue weighted by Gasteiger charge is -2.36. The van der Waals surface area contributed by atoms with Gasteiger partial charge in [0, 0.05) is 17.8 Å². The number of hydrogen-bond donors (Lipinski definition) is 2. The van der Waals surface area contributed by atoms with Crippen molar-refractivity contribution in [1.82, 2.24) is 10.3 Å². The molecule has 0 amide bonds. The molecule has 0 radical (unpaired) electrons. The fourth-order valence-corrected chi connectivity index (χ4v) is 3.03. The third-order valence-corrected chi connectivity index (χ3v) is 4.18. The molecule has 2 rings (SSSR count). The van der Waals surface area contributed by atoms with Crippen LogP contribution in [0.3, 0.4) is 0 Å². The summed E-state index contributed by atoms with van der Waals surface area (Å²) in [5, 5.41) is 14.2. The van der Waals surface area contributed by atoms with Gasteiger partial charge in [-0.1, -0.05) is 13.0 Å². The number of hydrogen-bond acceptors (Lipinski definition) is 3. The number of aryl methyl sites for hydroxylation is 1. The van der Waals surface area contributed by atoms with Crippen LogP contribution in [0, 0.1) is 0 Å². The predicted octanol–water partition coefficient (Wildman–Crippen LogP) is 2.64. The van der Waals surface area contributed by atoms with E-state index in [1.807, 2.05) is 19.2 Å². The summed E-state index contributed by atoms with van der Waals surface area (Å²) in [6.07, 6.45) is 7.07. The Morgan fingerprint density at radius 3 is 3.11 bits per heavy atom. The topological polar surface area (TPSA) is 45.1 Å². The van der Waals surface area contributed by atoms with Crippen LogP contribution in [0.15, 0.2) is 18.3 Å². The normalized spacial score (nSPS) is 21.7. The molecule has 0 aliphatic heterocycles. The van der Waals surface area contributed by atoms with Gasteiger partial charge in [-0.3, -0.25) is 4.98 Å². The number of fused-ring (bicyclic) bond motifs is 1. The quantitative estimate of drug-likeness (QED) is 0.775. The molecule has 0 bridgehead atoms. The van der Waals surface area contributed by atoms with E-state index in [1.54, 1.807) is 0 Å². The Morgan fingerprint density at radius 1 is 1.47 bits per heavy atom. The van der Waals surface area contributed by atoms with Gasteiger partial charge >= 0.3 is 0 Å². The third-order valence-electron chi connectivity index (χ3n) is 4.18. The third kappa shape index (κ3) is 3.54. The molecule has 2 unspecified atom stereocenters. The van der Waals surface area contributed by atoms with E-state index in [1.165, 1.54) is 5.56 Å². The molecule has 0 fully saturated rings. The van der Waals surface area contributed by atoms with E-state index in [2.05, 4.69) is 23.3 Å². The molecule has 0 saturated heterocycles. The molecular formula is C16H26N2O. The van der Waals surface area contributed by atoms with Crippen LogP contribution in [-0.2, 0) is 6.42 Å². The van der Waals surface area contributed by atoms with E-state index in [4.69, 9.17) is 0 Å². The summed E-state index contributed by atoms with van der Waals surface area (Å²) >= 11 is 0. The summed E-state index contributed by atoms with van der Waals surface area (Å²) in [6, 6.07) is 4.15. The minimum absolute atomic E-state index is 0.181. The first-order valence-corrected chi connectivity index (χ1v) is 7.52. The van der Waals surface area contributed by atoms with Crippen molar-refractivity contribution in [2.45, 2.75) is 57.5 Å². The Kier molecular flexibility index (Phi) is 4.94. The number of nitrogens with zero attached hydrogens (tertiary/aromatic N) is 1. The fraction of sp³-hybridized carbons (Fsp3) is 0.688. The molecule has 3 nitrogen and oxygen atoms in total. The lowest BCUT2D eigenvalue weighted by molar-refractivity contribution is 0.0152. The maximum absolute atomic E-state index is 10.8. The largest absolute Gasteiger partial charge is 0.389 e. The fourth-order valence-electron chi connectivity index (χ4n) is 3.03. The molecule has 1 aliphatic carbocycles. The molecule has 0 spiro atoms. The molecule has 3 heteroatoms. The zero-order valence-corrected chi connectivity index (χ0v) is 12.2. The van der Waals surface area contributed by atoms with E-state index in [9.17, 15) is 5.11 Å². The smallest absolute Gasteiger partial charge is 0.0715 e. The summed E-state index contributed by atoms with van der Waals surface area (Å²) < 4.78 is 0.